The van der Waals surface area contributed by atoms with Crippen LogP contribution < -0.4 is 5.32 Å². The molecule has 0 fully saturated rings. The van der Waals surface area contributed by atoms with Gasteiger partial charge < -0.3 is 10.4 Å². The van der Waals surface area contributed by atoms with Gasteiger partial charge in [0.1, 0.15) is 16.7 Å². The molecule has 0 spiro atoms. The molecular weight excluding hydrogens is 258 g/mol. The maximum Gasteiger partial charge on any atom is 0.137 e. The number of rotatable bonds is 5. The van der Waals surface area contributed by atoms with Crippen LogP contribution in [0.2, 0.25) is 0 Å². The van der Waals surface area contributed by atoms with Gasteiger partial charge in [0, 0.05) is 23.3 Å². The molecule has 1 aromatic heterocycles. The third-order valence-electron chi connectivity index (χ3n) is 2.72. The molecule has 0 aliphatic heterocycles. The number of hydrogen-bond donors (Lipinski definition) is 2. The Bertz CT molecular complexity index is 416. The number of thioether (sulfide) groups is 1. The Morgan fingerprint density at radius 3 is 2.42 bits per heavy atom. The molecule has 108 valence electrons. The summed E-state index contributed by atoms with van der Waals surface area (Å²) in [6.07, 6.45) is -0.361. The molecule has 19 heavy (non-hydrogen) atoms. The first kappa shape index (κ1) is 16.2. The van der Waals surface area contributed by atoms with Crippen LogP contribution in [0.25, 0.3) is 0 Å². The molecule has 0 aliphatic rings. The summed E-state index contributed by atoms with van der Waals surface area (Å²) in [5.41, 5.74) is -0.0885. The zero-order chi connectivity index (χ0) is 14.6. The molecule has 1 aromatic rings. The second-order valence-electron chi connectivity index (χ2n) is 5.76. The van der Waals surface area contributed by atoms with E-state index in [4.69, 9.17) is 0 Å². The van der Waals surface area contributed by atoms with Gasteiger partial charge in [-0.3, -0.25) is 0 Å². The lowest BCUT2D eigenvalue weighted by molar-refractivity contribution is 0.196. The average molecular weight is 283 g/mol. The van der Waals surface area contributed by atoms with E-state index in [1.807, 2.05) is 19.9 Å². The monoisotopic (exact) mass is 283 g/mol. The highest BCUT2D eigenvalue weighted by Gasteiger charge is 2.20. The lowest BCUT2D eigenvalue weighted by Crippen LogP contribution is -2.19. The Balaban J connectivity index is 3.06. The van der Waals surface area contributed by atoms with E-state index in [0.29, 0.717) is 0 Å². The molecule has 0 bridgehead atoms. The number of aromatic nitrogens is 2. The van der Waals surface area contributed by atoms with Crippen molar-refractivity contribution in [2.24, 2.45) is 0 Å². The molecule has 1 heterocycles. The Hall–Kier alpha value is -0.810. The van der Waals surface area contributed by atoms with Crippen molar-refractivity contribution in [1.29, 1.82) is 0 Å². The van der Waals surface area contributed by atoms with Gasteiger partial charge in [0.15, 0.2) is 0 Å². The number of aliphatic hydroxyl groups excluding tert-OH is 1. The summed E-state index contributed by atoms with van der Waals surface area (Å²) in [6.45, 7) is 13.0. The first-order chi connectivity index (χ1) is 8.74. The van der Waals surface area contributed by atoms with E-state index in [-0.39, 0.29) is 16.8 Å². The molecule has 2 unspecified atom stereocenters. The topological polar surface area (TPSA) is 58.0 Å². The van der Waals surface area contributed by atoms with Crippen LogP contribution in [-0.4, -0.2) is 33.0 Å². The van der Waals surface area contributed by atoms with Crippen molar-refractivity contribution in [2.45, 2.75) is 63.3 Å². The second-order valence-corrected chi connectivity index (χ2v) is 7.16. The zero-order valence-electron chi connectivity index (χ0n) is 12.7. The second kappa shape index (κ2) is 6.57. The fourth-order valence-corrected chi connectivity index (χ4v) is 2.28. The highest BCUT2D eigenvalue weighted by Crippen LogP contribution is 2.28. The van der Waals surface area contributed by atoms with Crippen LogP contribution in [0.1, 0.15) is 47.4 Å². The van der Waals surface area contributed by atoms with Gasteiger partial charge in [0.2, 0.25) is 0 Å². The molecular formula is C14H25N3OS. The van der Waals surface area contributed by atoms with Gasteiger partial charge in [0.05, 0.1) is 6.10 Å². The maximum atomic E-state index is 9.60. The van der Waals surface area contributed by atoms with Crippen molar-refractivity contribution in [3.8, 4) is 0 Å². The van der Waals surface area contributed by atoms with Crippen molar-refractivity contribution in [3.63, 3.8) is 0 Å². The molecule has 0 amide bonds. The smallest absolute Gasteiger partial charge is 0.137 e. The van der Waals surface area contributed by atoms with Gasteiger partial charge in [0.25, 0.3) is 0 Å². The van der Waals surface area contributed by atoms with Gasteiger partial charge >= 0.3 is 0 Å². The molecule has 2 atom stereocenters. The Morgan fingerprint density at radius 1 is 1.32 bits per heavy atom. The van der Waals surface area contributed by atoms with Crippen LogP contribution >= 0.6 is 11.8 Å². The molecule has 2 N–H and O–H groups in total. The molecule has 0 saturated carbocycles. The average Bonchev–Trinajstić information content (AvgIpc) is 2.27. The highest BCUT2D eigenvalue weighted by molar-refractivity contribution is 7.99. The molecule has 0 saturated heterocycles. The fourth-order valence-electron chi connectivity index (χ4n) is 1.38. The van der Waals surface area contributed by atoms with E-state index >= 15 is 0 Å². The Kier molecular flexibility index (Phi) is 5.62. The first-order valence-corrected chi connectivity index (χ1v) is 7.60. The summed E-state index contributed by atoms with van der Waals surface area (Å²) in [5, 5.41) is 13.9. The summed E-state index contributed by atoms with van der Waals surface area (Å²) < 4.78 is 0. The van der Waals surface area contributed by atoms with Gasteiger partial charge in [-0.15, -0.1) is 11.8 Å². The van der Waals surface area contributed by atoms with Crippen molar-refractivity contribution in [2.75, 3.05) is 11.9 Å². The lowest BCUT2D eigenvalue weighted by atomic mass is 9.96. The Morgan fingerprint density at radius 2 is 1.95 bits per heavy atom. The third-order valence-corrected chi connectivity index (χ3v) is 3.93. The quantitative estimate of drug-likeness (QED) is 0.642. The highest BCUT2D eigenvalue weighted by atomic mass is 32.2. The molecule has 0 aromatic carbocycles. The standard InChI is InChI=1S/C14H25N3OS/c1-7-15-11-8-12(19-10(3)9(2)18)17-13(16-11)14(4,5)6/h8-10,18H,7H2,1-6H3,(H,15,16,17). The van der Waals surface area contributed by atoms with Crippen molar-refractivity contribution in [3.05, 3.63) is 11.9 Å². The minimum atomic E-state index is -0.361. The summed E-state index contributed by atoms with van der Waals surface area (Å²) in [5.74, 6) is 1.67. The number of aliphatic hydroxyl groups is 1. The first-order valence-electron chi connectivity index (χ1n) is 6.72. The molecule has 4 nitrogen and oxygen atoms in total. The van der Waals surface area contributed by atoms with Crippen LogP contribution in [0.3, 0.4) is 0 Å². The number of nitrogens with one attached hydrogen (secondary N) is 1. The fraction of sp³-hybridized carbons (Fsp3) is 0.714. The van der Waals surface area contributed by atoms with Gasteiger partial charge in [-0.25, -0.2) is 9.97 Å². The predicted molar refractivity (Wildman–Crippen MR) is 81.9 cm³/mol. The van der Waals surface area contributed by atoms with Gasteiger partial charge in [-0.2, -0.15) is 0 Å². The number of anilines is 1. The van der Waals surface area contributed by atoms with Gasteiger partial charge in [-0.1, -0.05) is 27.7 Å². The van der Waals surface area contributed by atoms with E-state index in [0.717, 1.165) is 23.2 Å². The lowest BCUT2D eigenvalue weighted by Gasteiger charge is -2.20. The summed E-state index contributed by atoms with van der Waals surface area (Å²) in [7, 11) is 0. The van der Waals surface area contributed by atoms with E-state index in [9.17, 15) is 5.11 Å². The molecule has 1 rings (SSSR count). The van der Waals surface area contributed by atoms with E-state index in [2.05, 4.69) is 36.1 Å². The van der Waals surface area contributed by atoms with Crippen LogP contribution in [-0.2, 0) is 5.41 Å². The SMILES string of the molecule is CCNc1cc(SC(C)C(C)O)nc(C(C)(C)C)n1. The van der Waals surface area contributed by atoms with Crippen molar-refractivity contribution in [1.82, 2.24) is 9.97 Å². The van der Waals surface area contributed by atoms with Crippen LogP contribution in [0.15, 0.2) is 11.1 Å². The summed E-state index contributed by atoms with van der Waals surface area (Å²) in [6, 6.07) is 1.95. The summed E-state index contributed by atoms with van der Waals surface area (Å²) >= 11 is 1.58. The minimum Gasteiger partial charge on any atom is -0.392 e. The molecule has 5 heteroatoms. The van der Waals surface area contributed by atoms with E-state index in [1.54, 1.807) is 18.7 Å². The zero-order valence-corrected chi connectivity index (χ0v) is 13.5. The third kappa shape index (κ3) is 4.99. The largest absolute Gasteiger partial charge is 0.392 e. The van der Waals surface area contributed by atoms with Crippen molar-refractivity contribution >= 4 is 17.6 Å². The summed E-state index contributed by atoms with van der Waals surface area (Å²) in [4.78, 5) is 9.16. The predicted octanol–water partition coefficient (Wildman–Crippen LogP) is 3.07. The number of nitrogens with zero attached hydrogens (tertiary/aromatic N) is 2. The van der Waals surface area contributed by atoms with E-state index < -0.39 is 0 Å². The molecule has 0 radical (unpaired) electrons. The van der Waals surface area contributed by atoms with Crippen LogP contribution in [0, 0.1) is 0 Å². The van der Waals surface area contributed by atoms with E-state index in [1.165, 1.54) is 0 Å². The Labute approximate surface area is 120 Å². The molecule has 0 aliphatic carbocycles. The van der Waals surface area contributed by atoms with Gasteiger partial charge in [-0.05, 0) is 13.8 Å². The van der Waals surface area contributed by atoms with Crippen LogP contribution in [0.4, 0.5) is 5.82 Å². The van der Waals surface area contributed by atoms with Crippen LogP contribution in [0.5, 0.6) is 0 Å². The minimum absolute atomic E-state index is 0.0885. The normalized spacial score (nSPS) is 15.1. The van der Waals surface area contributed by atoms with Crippen molar-refractivity contribution < 1.29 is 5.11 Å². The maximum absolute atomic E-state index is 9.60. The number of hydrogen-bond acceptors (Lipinski definition) is 5.